The van der Waals surface area contributed by atoms with Gasteiger partial charge in [-0.2, -0.15) is 0 Å². The number of H-pyrrole nitrogens is 1. The Kier molecular flexibility index (Phi) is 11.7. The van der Waals surface area contributed by atoms with Crippen molar-refractivity contribution >= 4 is 55.8 Å². The van der Waals surface area contributed by atoms with Gasteiger partial charge >= 0.3 is 0 Å². The van der Waals surface area contributed by atoms with Gasteiger partial charge in [0.05, 0.1) is 0 Å². The number of benzene rings is 7. The highest BCUT2D eigenvalue weighted by molar-refractivity contribution is 6.08. The van der Waals surface area contributed by atoms with Gasteiger partial charge in [-0.3, -0.25) is 0 Å². The molecule has 1 aliphatic rings. The molecule has 0 unspecified atom stereocenters. The van der Waals surface area contributed by atoms with E-state index < -0.39 is 0 Å². The molecule has 0 bridgehead atoms. The summed E-state index contributed by atoms with van der Waals surface area (Å²) in [5.41, 5.74) is 13.8. The van der Waals surface area contributed by atoms with Crippen molar-refractivity contribution in [2.75, 3.05) is 5.32 Å². The van der Waals surface area contributed by atoms with Crippen LogP contribution < -0.4 is 16.0 Å². The predicted octanol–water partition coefficient (Wildman–Crippen LogP) is 13.9. The number of anilines is 2. The van der Waals surface area contributed by atoms with Crippen molar-refractivity contribution < 1.29 is 4.42 Å². The second-order valence-corrected chi connectivity index (χ2v) is 14.2. The Morgan fingerprint density at radius 3 is 1.81 bits per heavy atom. The van der Waals surface area contributed by atoms with E-state index in [4.69, 9.17) is 4.42 Å². The Labute approximate surface area is 340 Å². The summed E-state index contributed by atoms with van der Waals surface area (Å²) in [6.07, 6.45) is 12.4. The number of hydrogen-bond acceptors (Lipinski definition) is 2. The van der Waals surface area contributed by atoms with Gasteiger partial charge in [0.1, 0.15) is 11.0 Å². The highest BCUT2D eigenvalue weighted by Gasteiger charge is 2.13. The van der Waals surface area contributed by atoms with E-state index in [0.717, 1.165) is 35.2 Å². The summed E-state index contributed by atoms with van der Waals surface area (Å²) < 4.78 is 6.10. The van der Waals surface area contributed by atoms with Crippen LogP contribution in [0.1, 0.15) is 19.8 Å². The molecule has 10 rings (SSSR count). The van der Waals surface area contributed by atoms with Gasteiger partial charge in [0.2, 0.25) is 0 Å². The largest absolute Gasteiger partial charge is 0.456 e. The van der Waals surface area contributed by atoms with Crippen LogP contribution in [0, 0.1) is 0 Å². The van der Waals surface area contributed by atoms with E-state index in [1.165, 1.54) is 65.8 Å². The monoisotopic (exact) mass is 750 g/mol. The second-order valence-electron chi connectivity index (χ2n) is 14.2. The van der Waals surface area contributed by atoms with Crippen LogP contribution in [-0.2, 0) is 0 Å². The average Bonchev–Trinajstić information content (AvgIpc) is 3.87. The highest BCUT2D eigenvalue weighted by Crippen LogP contribution is 2.31. The Hall–Kier alpha value is -7.36. The molecule has 7 aromatic carbocycles. The van der Waals surface area contributed by atoms with E-state index >= 15 is 0 Å². The van der Waals surface area contributed by atoms with Gasteiger partial charge in [0.15, 0.2) is 0 Å². The third kappa shape index (κ3) is 8.55. The fourth-order valence-corrected chi connectivity index (χ4v) is 7.51. The average molecular weight is 751 g/mol. The summed E-state index contributed by atoms with van der Waals surface area (Å²) in [7, 11) is 0. The summed E-state index contributed by atoms with van der Waals surface area (Å²) in [5, 5.41) is 8.48. The van der Waals surface area contributed by atoms with Crippen molar-refractivity contribution in [3.05, 3.63) is 229 Å². The number of nitrogens with one attached hydrogen (secondary N) is 2. The van der Waals surface area contributed by atoms with Gasteiger partial charge in [-0.05, 0) is 96.1 Å². The Morgan fingerprint density at radius 1 is 0.586 bits per heavy atom. The molecule has 3 heteroatoms. The van der Waals surface area contributed by atoms with Crippen LogP contribution in [-0.4, -0.2) is 4.98 Å². The SMILES string of the molecule is C=C/C=C(\C=C/C)C1=c2oc3ccccc3c2=CCC1.c1ccc(-c2ccc(Nc3ccc(-c4ccc5[nH]c6ccccc6c5c4)cc3)cc2)cc1.c1ccccc1. The first-order valence-corrected chi connectivity index (χ1v) is 19.9. The Morgan fingerprint density at radius 2 is 1.14 bits per heavy atom. The van der Waals surface area contributed by atoms with Gasteiger partial charge < -0.3 is 14.7 Å². The molecule has 3 nitrogen and oxygen atoms in total. The number of allylic oxidation sites excluding steroid dienone is 5. The van der Waals surface area contributed by atoms with Crippen LogP contribution in [0.25, 0.3) is 66.7 Å². The van der Waals surface area contributed by atoms with Crippen molar-refractivity contribution in [2.24, 2.45) is 0 Å². The maximum atomic E-state index is 6.10. The molecule has 0 radical (unpaired) electrons. The molecule has 2 aromatic heterocycles. The Balaban J connectivity index is 0.000000153. The van der Waals surface area contributed by atoms with Crippen LogP contribution in [0.2, 0.25) is 0 Å². The third-order valence-electron chi connectivity index (χ3n) is 10.3. The minimum Gasteiger partial charge on any atom is -0.456 e. The number of para-hydroxylation sites is 2. The van der Waals surface area contributed by atoms with Crippen molar-refractivity contribution in [1.29, 1.82) is 0 Å². The maximum Gasteiger partial charge on any atom is 0.138 e. The van der Waals surface area contributed by atoms with Gasteiger partial charge in [-0.1, -0.05) is 170 Å². The van der Waals surface area contributed by atoms with Crippen LogP contribution in [0.5, 0.6) is 0 Å². The molecule has 0 amide bonds. The smallest absolute Gasteiger partial charge is 0.138 e. The van der Waals surface area contributed by atoms with Gasteiger partial charge in [0.25, 0.3) is 0 Å². The van der Waals surface area contributed by atoms with Crippen molar-refractivity contribution in [3.63, 3.8) is 0 Å². The van der Waals surface area contributed by atoms with Crippen LogP contribution >= 0.6 is 0 Å². The first kappa shape index (κ1) is 37.6. The summed E-state index contributed by atoms with van der Waals surface area (Å²) in [4.78, 5) is 3.50. The number of aromatic nitrogens is 1. The lowest BCUT2D eigenvalue weighted by Gasteiger charge is -2.09. The zero-order valence-corrected chi connectivity index (χ0v) is 32.7. The molecule has 9 aromatic rings. The van der Waals surface area contributed by atoms with Gasteiger partial charge in [-0.15, -0.1) is 0 Å². The predicted molar refractivity (Wildman–Crippen MR) is 249 cm³/mol. The molecule has 0 saturated heterocycles. The first-order chi connectivity index (χ1) is 28.7. The normalized spacial score (nSPS) is 12.3. The molecule has 2 heterocycles. The molecule has 0 saturated carbocycles. The van der Waals surface area contributed by atoms with Crippen LogP contribution in [0.3, 0.4) is 0 Å². The molecule has 0 aliphatic heterocycles. The first-order valence-electron chi connectivity index (χ1n) is 19.9. The van der Waals surface area contributed by atoms with Crippen LogP contribution in [0.15, 0.2) is 223 Å². The van der Waals surface area contributed by atoms with E-state index in [1.54, 1.807) is 0 Å². The molecule has 2 N–H and O–H groups in total. The van der Waals surface area contributed by atoms with Crippen molar-refractivity contribution in [1.82, 2.24) is 4.98 Å². The minimum atomic E-state index is 0.964. The fourth-order valence-electron chi connectivity index (χ4n) is 7.51. The van der Waals surface area contributed by atoms with Crippen molar-refractivity contribution in [3.8, 4) is 22.3 Å². The summed E-state index contributed by atoms with van der Waals surface area (Å²) >= 11 is 0. The van der Waals surface area contributed by atoms with Gasteiger partial charge in [-0.25, -0.2) is 0 Å². The number of aromatic amines is 1. The summed E-state index contributed by atoms with van der Waals surface area (Å²) in [6.45, 7) is 5.85. The van der Waals surface area contributed by atoms with Crippen molar-refractivity contribution in [2.45, 2.75) is 19.8 Å². The number of fused-ring (bicyclic) bond motifs is 6. The van der Waals surface area contributed by atoms with E-state index in [2.05, 4.69) is 169 Å². The van der Waals surface area contributed by atoms with Crippen LogP contribution in [0.4, 0.5) is 11.4 Å². The number of furan rings is 1. The zero-order valence-electron chi connectivity index (χ0n) is 32.7. The van der Waals surface area contributed by atoms with E-state index in [9.17, 15) is 0 Å². The lowest BCUT2D eigenvalue weighted by atomic mass is 9.95. The number of rotatable bonds is 7. The molecular weight excluding hydrogens is 705 g/mol. The van der Waals surface area contributed by atoms with E-state index in [0.29, 0.717) is 0 Å². The minimum absolute atomic E-state index is 0.964. The molecule has 0 atom stereocenters. The topological polar surface area (TPSA) is 41.0 Å². The molecular formula is C55H46N2O. The molecule has 0 spiro atoms. The zero-order chi connectivity index (χ0) is 39.5. The second kappa shape index (κ2) is 18.1. The third-order valence-corrected chi connectivity index (χ3v) is 10.3. The molecule has 282 valence electrons. The van der Waals surface area contributed by atoms with Gasteiger partial charge in [0, 0.05) is 49.4 Å². The molecule has 1 aliphatic carbocycles. The lowest BCUT2D eigenvalue weighted by molar-refractivity contribution is 0.568. The Bertz CT molecular complexity index is 2940. The lowest BCUT2D eigenvalue weighted by Crippen LogP contribution is -2.26. The number of hydrogen-bond donors (Lipinski definition) is 2. The van der Waals surface area contributed by atoms with E-state index in [-0.39, 0.29) is 0 Å². The van der Waals surface area contributed by atoms with E-state index in [1.807, 2.05) is 67.6 Å². The quantitative estimate of drug-likeness (QED) is 0.159. The maximum absolute atomic E-state index is 6.10. The molecule has 0 fully saturated rings. The fraction of sp³-hybridized carbons (Fsp3) is 0.0545. The molecule has 58 heavy (non-hydrogen) atoms. The summed E-state index contributed by atoms with van der Waals surface area (Å²) in [5.74, 6) is 0. The summed E-state index contributed by atoms with van der Waals surface area (Å²) in [6, 6.07) is 63.0. The standard InChI is InChI=1S/C30H22N2.C19H18O.C6H6/c1-2-6-21(7-3-1)22-10-15-25(16-11-22)31-26-17-12-23(13-18-26)24-14-19-30-28(20-24)27-8-4-5-9-29(27)32-30;1-3-8-14(9-4-2)15-11-7-12-17-16-10-5-6-13-18(16)20-19(15)17;1-2-4-6-5-3-1/h1-20,31-32H;3-6,8-10,12-13H,1,7,11H2,2H3;1-6H/b;9-4-,14-8+;. The highest BCUT2D eigenvalue weighted by atomic mass is 16.3.